The van der Waals surface area contributed by atoms with E-state index in [-0.39, 0.29) is 23.9 Å². The molecule has 0 spiro atoms. The van der Waals surface area contributed by atoms with Crippen LogP contribution in [0.1, 0.15) is 30.1 Å². The van der Waals surface area contributed by atoms with Crippen molar-refractivity contribution in [2.75, 3.05) is 11.9 Å². The van der Waals surface area contributed by atoms with E-state index >= 15 is 0 Å². The highest BCUT2D eigenvalue weighted by molar-refractivity contribution is 5.97. The van der Waals surface area contributed by atoms with Crippen LogP contribution in [0.25, 0.3) is 21.8 Å². The van der Waals surface area contributed by atoms with Gasteiger partial charge in [-0.2, -0.15) is 0 Å². The molecule has 0 atom stereocenters. The van der Waals surface area contributed by atoms with E-state index in [4.69, 9.17) is 4.74 Å². The van der Waals surface area contributed by atoms with Crippen molar-refractivity contribution in [3.8, 4) is 0 Å². The lowest BCUT2D eigenvalue weighted by Crippen LogP contribution is -2.21. The normalized spacial score (nSPS) is 10.9. The van der Waals surface area contributed by atoms with E-state index in [0.717, 1.165) is 12.8 Å². The monoisotopic (exact) mass is 428 g/mol. The molecule has 0 aliphatic carbocycles. The van der Waals surface area contributed by atoms with Crippen molar-refractivity contribution in [2.24, 2.45) is 0 Å². The molecule has 3 aromatic carbocycles. The quantitative estimate of drug-likeness (QED) is 0.262. The molecule has 0 saturated heterocycles. The van der Waals surface area contributed by atoms with E-state index in [2.05, 4.69) is 5.32 Å². The van der Waals surface area contributed by atoms with Crippen LogP contribution in [0.4, 0.5) is 5.69 Å². The number of para-hydroxylation sites is 2. The fraction of sp³-hybridized carbons (Fsp3) is 0.192. The summed E-state index contributed by atoms with van der Waals surface area (Å²) in [7, 11) is 0. The predicted octanol–water partition coefficient (Wildman–Crippen LogP) is 4.75. The van der Waals surface area contributed by atoms with Gasteiger partial charge in [0, 0.05) is 16.5 Å². The summed E-state index contributed by atoms with van der Waals surface area (Å²) in [6.07, 6.45) is 1.78. The molecule has 0 unspecified atom stereocenters. The molecular formula is C26H24N2O4. The summed E-state index contributed by atoms with van der Waals surface area (Å²) in [5, 5.41) is 4.01. The average molecular weight is 428 g/mol. The molecule has 0 aliphatic heterocycles. The number of esters is 1. The Balaban J connectivity index is 1.55. The first-order chi connectivity index (χ1) is 15.6. The Bertz CT molecular complexity index is 1280. The van der Waals surface area contributed by atoms with Crippen molar-refractivity contribution in [3.05, 3.63) is 88.6 Å². The number of hydrogen-bond donors (Lipinski definition) is 1. The number of carbonyl (C=O) groups excluding carboxylic acids is 2. The zero-order valence-corrected chi connectivity index (χ0v) is 17.8. The molecule has 4 rings (SSSR count). The van der Waals surface area contributed by atoms with Crippen LogP contribution >= 0.6 is 0 Å². The number of nitrogens with zero attached hydrogens (tertiary/aromatic N) is 1. The topological polar surface area (TPSA) is 77.4 Å². The number of ether oxygens (including phenoxy) is 1. The number of aromatic nitrogens is 1. The minimum Gasteiger partial charge on any atom is -0.462 e. The van der Waals surface area contributed by atoms with Gasteiger partial charge in [0.15, 0.2) is 5.43 Å². The van der Waals surface area contributed by atoms with E-state index < -0.39 is 0 Å². The summed E-state index contributed by atoms with van der Waals surface area (Å²) in [6.45, 7) is 2.47. The molecule has 6 nitrogen and oxygen atoms in total. The Morgan fingerprint density at radius 3 is 2.06 bits per heavy atom. The standard InChI is InChI=1S/C26H24N2O4/c1-2-3-16-32-26(31)18-12-14-19(15-13-18)27-24(29)17-28-22-10-6-4-8-20(22)25(30)21-9-5-7-11-23(21)28/h4-15H,2-3,16-17H2,1H3,(H,27,29). The summed E-state index contributed by atoms with van der Waals surface area (Å²) in [6, 6.07) is 21.2. The predicted molar refractivity (Wildman–Crippen MR) is 126 cm³/mol. The number of amides is 1. The third-order valence-corrected chi connectivity index (χ3v) is 5.32. The van der Waals surface area contributed by atoms with Gasteiger partial charge in [-0.15, -0.1) is 0 Å². The maximum Gasteiger partial charge on any atom is 0.338 e. The third-order valence-electron chi connectivity index (χ3n) is 5.32. The zero-order chi connectivity index (χ0) is 22.5. The van der Waals surface area contributed by atoms with Gasteiger partial charge in [0.25, 0.3) is 0 Å². The first kappa shape index (κ1) is 21.3. The first-order valence-electron chi connectivity index (χ1n) is 10.7. The van der Waals surface area contributed by atoms with E-state index in [1.54, 1.807) is 36.4 Å². The number of unbranched alkanes of at least 4 members (excludes halogenated alkanes) is 1. The number of benzene rings is 3. The summed E-state index contributed by atoms with van der Waals surface area (Å²) in [5.41, 5.74) is 2.38. The van der Waals surface area contributed by atoms with E-state index in [1.165, 1.54) is 0 Å². The first-order valence-corrected chi connectivity index (χ1v) is 10.7. The van der Waals surface area contributed by atoms with Crippen molar-refractivity contribution in [1.82, 2.24) is 4.57 Å². The lowest BCUT2D eigenvalue weighted by molar-refractivity contribution is -0.116. The van der Waals surface area contributed by atoms with Gasteiger partial charge in [0.2, 0.25) is 5.91 Å². The summed E-state index contributed by atoms with van der Waals surface area (Å²) >= 11 is 0. The largest absolute Gasteiger partial charge is 0.462 e. The van der Waals surface area contributed by atoms with Crippen LogP contribution in [0.15, 0.2) is 77.6 Å². The van der Waals surface area contributed by atoms with Crippen molar-refractivity contribution in [1.29, 1.82) is 0 Å². The SMILES string of the molecule is CCCCOC(=O)c1ccc(NC(=O)Cn2c3ccccc3c(=O)c3ccccc32)cc1. The number of hydrogen-bond acceptors (Lipinski definition) is 4. The zero-order valence-electron chi connectivity index (χ0n) is 17.8. The fourth-order valence-electron chi connectivity index (χ4n) is 3.67. The van der Waals surface area contributed by atoms with Crippen LogP contribution in [-0.2, 0) is 16.1 Å². The van der Waals surface area contributed by atoms with Crippen LogP contribution in [0.5, 0.6) is 0 Å². The summed E-state index contributed by atoms with van der Waals surface area (Å²) < 4.78 is 7.05. The van der Waals surface area contributed by atoms with Crippen LogP contribution in [0, 0.1) is 0 Å². The molecule has 0 bridgehead atoms. The Morgan fingerprint density at radius 1 is 0.875 bits per heavy atom. The molecule has 0 radical (unpaired) electrons. The molecule has 1 amide bonds. The molecule has 4 aromatic rings. The van der Waals surface area contributed by atoms with Crippen LogP contribution in [-0.4, -0.2) is 23.1 Å². The summed E-state index contributed by atoms with van der Waals surface area (Å²) in [4.78, 5) is 37.7. The molecule has 32 heavy (non-hydrogen) atoms. The number of anilines is 1. The van der Waals surface area contributed by atoms with Crippen LogP contribution in [0.3, 0.4) is 0 Å². The Morgan fingerprint density at radius 2 is 1.47 bits per heavy atom. The maximum atomic E-state index is 12.8. The van der Waals surface area contributed by atoms with Gasteiger partial charge < -0.3 is 14.6 Å². The highest BCUT2D eigenvalue weighted by atomic mass is 16.5. The van der Waals surface area contributed by atoms with Gasteiger partial charge >= 0.3 is 5.97 Å². The lowest BCUT2D eigenvalue weighted by Gasteiger charge is -2.15. The summed E-state index contributed by atoms with van der Waals surface area (Å²) in [5.74, 6) is -0.607. The fourth-order valence-corrected chi connectivity index (χ4v) is 3.67. The molecule has 0 aliphatic rings. The van der Waals surface area contributed by atoms with Gasteiger partial charge in [-0.25, -0.2) is 4.79 Å². The Kier molecular flexibility index (Phi) is 6.31. The molecule has 0 fully saturated rings. The third kappa shape index (κ3) is 4.39. The van der Waals surface area contributed by atoms with Crippen molar-refractivity contribution >= 4 is 39.4 Å². The second kappa shape index (κ2) is 9.47. The van der Waals surface area contributed by atoms with Crippen molar-refractivity contribution in [3.63, 3.8) is 0 Å². The number of rotatable bonds is 7. The van der Waals surface area contributed by atoms with Crippen molar-refractivity contribution < 1.29 is 14.3 Å². The Labute approximate surface area is 185 Å². The second-order valence-electron chi connectivity index (χ2n) is 7.56. The molecule has 1 aromatic heterocycles. The Hall–Kier alpha value is -3.93. The molecular weight excluding hydrogens is 404 g/mol. The van der Waals surface area contributed by atoms with E-state index in [0.29, 0.717) is 39.7 Å². The molecule has 6 heteroatoms. The second-order valence-corrected chi connectivity index (χ2v) is 7.56. The minimum atomic E-state index is -0.373. The van der Waals surface area contributed by atoms with Gasteiger partial charge in [-0.05, 0) is 55.0 Å². The van der Waals surface area contributed by atoms with Gasteiger partial charge in [-0.1, -0.05) is 37.6 Å². The minimum absolute atomic E-state index is 0.0438. The highest BCUT2D eigenvalue weighted by Gasteiger charge is 2.13. The van der Waals surface area contributed by atoms with Crippen LogP contribution in [0.2, 0.25) is 0 Å². The number of pyridine rings is 1. The average Bonchev–Trinajstić information content (AvgIpc) is 2.82. The number of fused-ring (bicyclic) bond motifs is 2. The van der Waals surface area contributed by atoms with Crippen molar-refractivity contribution in [2.45, 2.75) is 26.3 Å². The van der Waals surface area contributed by atoms with Crippen LogP contribution < -0.4 is 10.7 Å². The van der Waals surface area contributed by atoms with Gasteiger partial charge in [0.05, 0.1) is 23.2 Å². The molecule has 0 saturated carbocycles. The number of carbonyl (C=O) groups is 2. The van der Waals surface area contributed by atoms with Gasteiger partial charge in [0.1, 0.15) is 6.54 Å². The van der Waals surface area contributed by atoms with E-state index in [1.807, 2.05) is 47.9 Å². The molecule has 1 heterocycles. The smallest absolute Gasteiger partial charge is 0.338 e. The van der Waals surface area contributed by atoms with E-state index in [9.17, 15) is 14.4 Å². The molecule has 1 N–H and O–H groups in total. The lowest BCUT2D eigenvalue weighted by atomic mass is 10.1. The van der Waals surface area contributed by atoms with Gasteiger partial charge in [-0.3, -0.25) is 9.59 Å². The molecule has 162 valence electrons. The number of nitrogens with one attached hydrogen (secondary N) is 1. The maximum absolute atomic E-state index is 12.8. The highest BCUT2D eigenvalue weighted by Crippen LogP contribution is 2.19.